The third kappa shape index (κ3) is 8.30. The Labute approximate surface area is 266 Å². The molecule has 0 aromatic heterocycles. The van der Waals surface area contributed by atoms with Gasteiger partial charge in [0.05, 0.1) is 17.7 Å². The van der Waals surface area contributed by atoms with Gasteiger partial charge in [0.2, 0.25) is 11.8 Å². The summed E-state index contributed by atoms with van der Waals surface area (Å²) >= 11 is 0. The molecule has 4 aromatic rings. The highest BCUT2D eigenvalue weighted by atomic mass is 32.2. The lowest BCUT2D eigenvalue weighted by atomic mass is 10.0. The maximum absolute atomic E-state index is 14.6. The number of rotatable bonds is 13. The first kappa shape index (κ1) is 33.3. The molecule has 0 heterocycles. The lowest BCUT2D eigenvalue weighted by Gasteiger charge is -2.34. The molecular formula is C36H41N3O5S. The van der Waals surface area contributed by atoms with E-state index in [1.165, 1.54) is 24.1 Å². The van der Waals surface area contributed by atoms with Crippen molar-refractivity contribution in [3.63, 3.8) is 0 Å². The van der Waals surface area contributed by atoms with E-state index in [1.54, 1.807) is 24.3 Å². The van der Waals surface area contributed by atoms with Gasteiger partial charge in [-0.25, -0.2) is 8.42 Å². The lowest BCUT2D eigenvalue weighted by Crippen LogP contribution is -2.53. The first-order valence-corrected chi connectivity index (χ1v) is 16.4. The Kier molecular flexibility index (Phi) is 11.0. The maximum atomic E-state index is 14.6. The number of carbonyl (C=O) groups is 2. The summed E-state index contributed by atoms with van der Waals surface area (Å²) in [5.41, 5.74) is 4.64. The van der Waals surface area contributed by atoms with Gasteiger partial charge in [0, 0.05) is 19.5 Å². The molecule has 0 aliphatic rings. The fourth-order valence-electron chi connectivity index (χ4n) is 5.20. The van der Waals surface area contributed by atoms with E-state index in [4.69, 9.17) is 4.74 Å². The number of likely N-dealkylation sites (N-methyl/N-ethyl adjacent to an activating group) is 1. The van der Waals surface area contributed by atoms with Crippen LogP contribution in [0, 0.1) is 20.8 Å². The van der Waals surface area contributed by atoms with Crippen LogP contribution < -0.4 is 14.4 Å². The van der Waals surface area contributed by atoms with Gasteiger partial charge in [-0.05, 0) is 68.7 Å². The summed E-state index contributed by atoms with van der Waals surface area (Å²) in [6.07, 6.45) is 0.253. The smallest absolute Gasteiger partial charge is 0.264 e. The van der Waals surface area contributed by atoms with Crippen molar-refractivity contribution < 1.29 is 22.7 Å². The zero-order valence-electron chi connectivity index (χ0n) is 26.5. The first-order valence-electron chi connectivity index (χ1n) is 14.9. The SMILES string of the molecule is CCNC(=O)[C@H](Cc1ccccc1)N(Cc1cccc(C)c1)C(=O)CN(c1cc(C)ccc1OC)S(=O)(=O)c1ccc(C)cc1. The predicted octanol–water partition coefficient (Wildman–Crippen LogP) is 5.59. The molecule has 4 aromatic carbocycles. The number of benzene rings is 4. The number of carbonyl (C=O) groups excluding carboxylic acids is 2. The van der Waals surface area contributed by atoms with Crippen molar-refractivity contribution in [2.75, 3.05) is 24.5 Å². The Morgan fingerprint density at radius 2 is 1.44 bits per heavy atom. The normalized spacial score (nSPS) is 11.8. The molecule has 0 saturated heterocycles. The third-order valence-electron chi connectivity index (χ3n) is 7.55. The number of nitrogens with one attached hydrogen (secondary N) is 1. The number of hydrogen-bond donors (Lipinski definition) is 1. The fraction of sp³-hybridized carbons (Fsp3) is 0.278. The zero-order valence-corrected chi connectivity index (χ0v) is 27.3. The Hall–Kier alpha value is -4.63. The number of ether oxygens (including phenoxy) is 1. The second kappa shape index (κ2) is 14.9. The molecular weight excluding hydrogens is 586 g/mol. The van der Waals surface area contributed by atoms with E-state index in [0.717, 1.165) is 32.1 Å². The van der Waals surface area contributed by atoms with E-state index in [1.807, 2.05) is 88.4 Å². The average molecular weight is 628 g/mol. The molecule has 1 atom stereocenters. The quantitative estimate of drug-likeness (QED) is 0.209. The summed E-state index contributed by atoms with van der Waals surface area (Å²) in [4.78, 5) is 29.8. The summed E-state index contributed by atoms with van der Waals surface area (Å²) < 4.78 is 35.3. The van der Waals surface area contributed by atoms with Crippen molar-refractivity contribution in [3.8, 4) is 5.75 Å². The number of amides is 2. The number of methoxy groups -OCH3 is 1. The van der Waals surface area contributed by atoms with Crippen molar-refractivity contribution >= 4 is 27.5 Å². The van der Waals surface area contributed by atoms with Gasteiger partial charge in [-0.3, -0.25) is 13.9 Å². The summed E-state index contributed by atoms with van der Waals surface area (Å²) in [6.45, 7) is 7.44. The molecule has 0 unspecified atom stereocenters. The van der Waals surface area contributed by atoms with Gasteiger partial charge in [-0.2, -0.15) is 0 Å². The molecule has 4 rings (SSSR count). The molecule has 0 fully saturated rings. The number of hydrogen-bond acceptors (Lipinski definition) is 5. The van der Waals surface area contributed by atoms with Gasteiger partial charge in [-0.1, -0.05) is 83.9 Å². The van der Waals surface area contributed by atoms with E-state index >= 15 is 0 Å². The molecule has 9 heteroatoms. The molecule has 0 aliphatic heterocycles. The zero-order chi connectivity index (χ0) is 32.6. The highest BCUT2D eigenvalue weighted by Crippen LogP contribution is 2.34. The molecule has 2 amide bonds. The molecule has 0 aliphatic carbocycles. The Morgan fingerprint density at radius 1 is 0.800 bits per heavy atom. The van der Waals surface area contributed by atoms with Gasteiger partial charge in [0.1, 0.15) is 18.3 Å². The van der Waals surface area contributed by atoms with Crippen molar-refractivity contribution in [2.24, 2.45) is 0 Å². The number of sulfonamides is 1. The number of aryl methyl sites for hydroxylation is 3. The van der Waals surface area contributed by atoms with E-state index in [-0.39, 0.29) is 29.5 Å². The van der Waals surface area contributed by atoms with Gasteiger partial charge in [0.25, 0.3) is 10.0 Å². The maximum Gasteiger partial charge on any atom is 0.264 e. The van der Waals surface area contributed by atoms with Crippen molar-refractivity contribution in [3.05, 3.63) is 125 Å². The van der Waals surface area contributed by atoms with Gasteiger partial charge in [0.15, 0.2) is 0 Å². The molecule has 0 spiro atoms. The molecule has 1 N–H and O–H groups in total. The minimum atomic E-state index is -4.24. The lowest BCUT2D eigenvalue weighted by molar-refractivity contribution is -0.140. The fourth-order valence-corrected chi connectivity index (χ4v) is 6.62. The van der Waals surface area contributed by atoms with E-state index in [9.17, 15) is 18.0 Å². The van der Waals surface area contributed by atoms with Crippen LogP contribution in [0.5, 0.6) is 5.75 Å². The molecule has 0 saturated carbocycles. The average Bonchev–Trinajstić information content (AvgIpc) is 3.02. The number of nitrogens with zero attached hydrogens (tertiary/aromatic N) is 2. The topological polar surface area (TPSA) is 96.0 Å². The minimum absolute atomic E-state index is 0.0410. The van der Waals surface area contributed by atoms with E-state index in [0.29, 0.717) is 12.3 Å². The van der Waals surface area contributed by atoms with E-state index < -0.39 is 28.5 Å². The summed E-state index contributed by atoms with van der Waals surface area (Å²) in [6, 6.07) is 28.0. The van der Waals surface area contributed by atoms with Crippen LogP contribution in [0.4, 0.5) is 5.69 Å². The van der Waals surface area contributed by atoms with Crippen molar-refractivity contribution in [1.82, 2.24) is 10.2 Å². The minimum Gasteiger partial charge on any atom is -0.495 e. The third-order valence-corrected chi connectivity index (χ3v) is 9.32. The standard InChI is InChI=1S/C36H41N3O5S/c1-6-37-36(41)33(23-29-12-8-7-9-13-29)38(24-30-14-10-11-27(3)21-30)35(40)25-39(32-22-28(4)17-20-34(32)44-5)45(42,43)31-18-15-26(2)16-19-31/h7-22,33H,6,23-25H2,1-5H3,(H,37,41)/t33-/m0/s1. The monoisotopic (exact) mass is 627 g/mol. The van der Waals surface area contributed by atoms with Gasteiger partial charge < -0.3 is 15.0 Å². The first-order chi connectivity index (χ1) is 21.5. The summed E-state index contributed by atoms with van der Waals surface area (Å²) in [7, 11) is -2.78. The molecule has 0 radical (unpaired) electrons. The second-order valence-electron chi connectivity index (χ2n) is 11.1. The van der Waals surface area contributed by atoms with Crippen LogP contribution >= 0.6 is 0 Å². The Morgan fingerprint density at radius 3 is 2.09 bits per heavy atom. The van der Waals surface area contributed by atoms with Crippen molar-refractivity contribution in [2.45, 2.75) is 51.6 Å². The Bertz CT molecular complexity index is 1720. The molecule has 0 bridgehead atoms. The highest BCUT2D eigenvalue weighted by molar-refractivity contribution is 7.92. The van der Waals surface area contributed by atoms with Crippen molar-refractivity contribution in [1.29, 1.82) is 0 Å². The summed E-state index contributed by atoms with van der Waals surface area (Å²) in [5.74, 6) is -0.537. The van der Waals surface area contributed by atoms with Crippen LogP contribution in [0.1, 0.15) is 34.7 Å². The van der Waals surface area contributed by atoms with Crippen LogP contribution in [0.3, 0.4) is 0 Å². The van der Waals surface area contributed by atoms with E-state index in [2.05, 4.69) is 5.32 Å². The molecule has 45 heavy (non-hydrogen) atoms. The van der Waals surface area contributed by atoms with Crippen LogP contribution in [0.15, 0.2) is 102 Å². The Balaban J connectivity index is 1.85. The van der Waals surface area contributed by atoms with Crippen LogP contribution in [-0.2, 0) is 32.6 Å². The predicted molar refractivity (Wildman–Crippen MR) is 178 cm³/mol. The summed E-state index contributed by atoms with van der Waals surface area (Å²) in [5, 5.41) is 2.89. The van der Waals surface area contributed by atoms with Crippen LogP contribution in [0.2, 0.25) is 0 Å². The highest BCUT2D eigenvalue weighted by Gasteiger charge is 2.35. The van der Waals surface area contributed by atoms with Gasteiger partial charge in [-0.15, -0.1) is 0 Å². The molecule has 8 nitrogen and oxygen atoms in total. The van der Waals surface area contributed by atoms with Gasteiger partial charge >= 0.3 is 0 Å². The largest absolute Gasteiger partial charge is 0.495 e. The number of anilines is 1. The van der Waals surface area contributed by atoms with Crippen LogP contribution in [0.25, 0.3) is 0 Å². The molecule has 236 valence electrons. The van der Waals surface area contributed by atoms with Crippen LogP contribution in [-0.4, -0.2) is 51.4 Å². The second-order valence-corrected chi connectivity index (χ2v) is 13.0.